The van der Waals surface area contributed by atoms with E-state index in [1.807, 2.05) is 31.4 Å². The first kappa shape index (κ1) is 20.3. The summed E-state index contributed by atoms with van der Waals surface area (Å²) in [6, 6.07) is 17.2. The lowest BCUT2D eigenvalue weighted by Gasteiger charge is -2.33. The van der Waals surface area contributed by atoms with Crippen LogP contribution in [0.15, 0.2) is 59.7 Å². The van der Waals surface area contributed by atoms with Crippen LogP contribution < -0.4 is 10.6 Å². The zero-order valence-electron chi connectivity index (χ0n) is 17.7. The van der Waals surface area contributed by atoms with E-state index in [9.17, 15) is 0 Å². The highest BCUT2D eigenvalue weighted by Gasteiger charge is 2.20. The Labute approximate surface area is 178 Å². The summed E-state index contributed by atoms with van der Waals surface area (Å²) in [6.07, 6.45) is 6.15. The number of aryl methyl sites for hydroxylation is 1. The SMILES string of the molecule is CN=C(NCCCc1nnc2ccccn12)NC1CCN(Cc2ccccc2)CC1. The average Bonchev–Trinajstić information content (AvgIpc) is 3.21. The lowest BCUT2D eigenvalue weighted by Crippen LogP contribution is -2.48. The van der Waals surface area contributed by atoms with Crippen molar-refractivity contribution in [2.24, 2.45) is 4.99 Å². The number of benzene rings is 1. The fourth-order valence-electron chi connectivity index (χ4n) is 3.98. The van der Waals surface area contributed by atoms with Crippen LogP contribution in [-0.4, -0.2) is 58.2 Å². The van der Waals surface area contributed by atoms with Gasteiger partial charge in [-0.2, -0.15) is 0 Å². The molecule has 2 N–H and O–H groups in total. The fraction of sp³-hybridized carbons (Fsp3) is 0.435. The number of nitrogens with one attached hydrogen (secondary N) is 2. The van der Waals surface area contributed by atoms with Crippen molar-refractivity contribution >= 4 is 11.6 Å². The van der Waals surface area contributed by atoms with Gasteiger partial charge in [0.05, 0.1) is 0 Å². The quantitative estimate of drug-likeness (QED) is 0.359. The molecule has 158 valence electrons. The van der Waals surface area contributed by atoms with E-state index in [0.29, 0.717) is 6.04 Å². The standard InChI is InChI=1S/C23H31N7/c1-24-23(25-14-7-11-22-28-27-21-10-5-6-15-30(21)22)26-20-12-16-29(17-13-20)18-19-8-3-2-4-9-19/h2-6,8-10,15,20H,7,11-14,16-18H2,1H3,(H2,24,25,26). The van der Waals surface area contributed by atoms with E-state index < -0.39 is 0 Å². The first-order chi connectivity index (χ1) is 14.8. The Balaban J connectivity index is 1.16. The normalized spacial score (nSPS) is 16.1. The minimum atomic E-state index is 0.476. The zero-order valence-corrected chi connectivity index (χ0v) is 17.7. The van der Waals surface area contributed by atoms with Gasteiger partial charge in [-0.05, 0) is 37.0 Å². The molecule has 7 nitrogen and oxygen atoms in total. The number of piperidine rings is 1. The third kappa shape index (κ3) is 5.36. The predicted molar refractivity (Wildman–Crippen MR) is 121 cm³/mol. The molecule has 1 aromatic carbocycles. The van der Waals surface area contributed by atoms with Gasteiger partial charge in [0.2, 0.25) is 0 Å². The van der Waals surface area contributed by atoms with Gasteiger partial charge in [-0.15, -0.1) is 10.2 Å². The van der Waals surface area contributed by atoms with E-state index in [0.717, 1.165) is 69.3 Å². The second-order valence-corrected chi connectivity index (χ2v) is 7.83. The van der Waals surface area contributed by atoms with E-state index in [4.69, 9.17) is 0 Å². The molecule has 0 bridgehead atoms. The second-order valence-electron chi connectivity index (χ2n) is 7.83. The van der Waals surface area contributed by atoms with Crippen LogP contribution in [0.5, 0.6) is 0 Å². The molecule has 0 saturated carbocycles. The molecule has 4 rings (SSSR count). The Morgan fingerprint density at radius 3 is 2.67 bits per heavy atom. The van der Waals surface area contributed by atoms with Gasteiger partial charge < -0.3 is 10.6 Å². The molecule has 30 heavy (non-hydrogen) atoms. The molecule has 0 unspecified atom stereocenters. The molecule has 0 amide bonds. The van der Waals surface area contributed by atoms with E-state index in [1.165, 1.54) is 5.56 Å². The monoisotopic (exact) mass is 405 g/mol. The fourth-order valence-corrected chi connectivity index (χ4v) is 3.98. The first-order valence-electron chi connectivity index (χ1n) is 10.8. The summed E-state index contributed by atoms with van der Waals surface area (Å²) >= 11 is 0. The third-order valence-electron chi connectivity index (χ3n) is 5.65. The minimum Gasteiger partial charge on any atom is -0.356 e. The molecule has 1 aliphatic heterocycles. The predicted octanol–water partition coefficient (Wildman–Crippen LogP) is 2.49. The van der Waals surface area contributed by atoms with Gasteiger partial charge in [-0.1, -0.05) is 36.4 Å². The smallest absolute Gasteiger partial charge is 0.191 e. The number of pyridine rings is 1. The van der Waals surface area contributed by atoms with Crippen molar-refractivity contribution in [3.05, 3.63) is 66.1 Å². The Morgan fingerprint density at radius 2 is 1.87 bits per heavy atom. The van der Waals surface area contributed by atoms with Crippen LogP contribution in [0.2, 0.25) is 0 Å². The van der Waals surface area contributed by atoms with Crippen molar-refractivity contribution in [3.8, 4) is 0 Å². The van der Waals surface area contributed by atoms with Crippen LogP contribution in [0.3, 0.4) is 0 Å². The second kappa shape index (κ2) is 10.2. The Kier molecular flexibility index (Phi) is 6.92. The zero-order chi connectivity index (χ0) is 20.6. The molecule has 0 radical (unpaired) electrons. The molecule has 7 heteroatoms. The van der Waals surface area contributed by atoms with Crippen LogP contribution in [0.25, 0.3) is 5.65 Å². The number of nitrogens with zero attached hydrogens (tertiary/aromatic N) is 5. The number of aliphatic imine (C=N–C) groups is 1. The van der Waals surface area contributed by atoms with Gasteiger partial charge in [-0.25, -0.2) is 0 Å². The molecular weight excluding hydrogens is 374 g/mol. The van der Waals surface area contributed by atoms with E-state index >= 15 is 0 Å². The minimum absolute atomic E-state index is 0.476. The summed E-state index contributed by atoms with van der Waals surface area (Å²) in [5.41, 5.74) is 2.29. The summed E-state index contributed by atoms with van der Waals surface area (Å²) in [5, 5.41) is 15.5. The number of likely N-dealkylation sites (tertiary alicyclic amines) is 1. The maximum Gasteiger partial charge on any atom is 0.191 e. The molecule has 2 aromatic heterocycles. The van der Waals surface area contributed by atoms with E-state index in [-0.39, 0.29) is 0 Å². The van der Waals surface area contributed by atoms with Crippen molar-refractivity contribution in [2.75, 3.05) is 26.7 Å². The molecule has 0 atom stereocenters. The Hall–Kier alpha value is -2.93. The lowest BCUT2D eigenvalue weighted by molar-refractivity contribution is 0.198. The number of guanidine groups is 1. The van der Waals surface area contributed by atoms with Gasteiger partial charge in [0, 0.05) is 51.9 Å². The largest absolute Gasteiger partial charge is 0.356 e. The Morgan fingerprint density at radius 1 is 1.07 bits per heavy atom. The maximum atomic E-state index is 4.40. The van der Waals surface area contributed by atoms with Crippen molar-refractivity contribution in [3.63, 3.8) is 0 Å². The van der Waals surface area contributed by atoms with Gasteiger partial charge in [0.15, 0.2) is 11.6 Å². The highest BCUT2D eigenvalue weighted by atomic mass is 15.2. The van der Waals surface area contributed by atoms with Gasteiger partial charge in [0.25, 0.3) is 0 Å². The van der Waals surface area contributed by atoms with E-state index in [1.54, 1.807) is 0 Å². The molecule has 0 spiro atoms. The number of rotatable bonds is 7. The van der Waals surface area contributed by atoms with Crippen LogP contribution in [0.4, 0.5) is 0 Å². The summed E-state index contributed by atoms with van der Waals surface area (Å²) in [6.45, 7) is 4.12. The van der Waals surface area contributed by atoms with Crippen molar-refractivity contribution < 1.29 is 0 Å². The summed E-state index contributed by atoms with van der Waals surface area (Å²) in [4.78, 5) is 6.94. The van der Waals surface area contributed by atoms with E-state index in [2.05, 4.69) is 65.5 Å². The summed E-state index contributed by atoms with van der Waals surface area (Å²) in [7, 11) is 1.84. The molecular formula is C23H31N7. The van der Waals surface area contributed by atoms with Crippen LogP contribution in [0.1, 0.15) is 30.7 Å². The molecule has 1 aliphatic rings. The maximum absolute atomic E-state index is 4.40. The molecule has 1 saturated heterocycles. The van der Waals surface area contributed by atoms with Gasteiger partial charge in [-0.3, -0.25) is 14.3 Å². The lowest BCUT2D eigenvalue weighted by atomic mass is 10.0. The summed E-state index contributed by atoms with van der Waals surface area (Å²) < 4.78 is 2.05. The number of aromatic nitrogens is 3. The molecule has 3 aromatic rings. The van der Waals surface area contributed by atoms with Gasteiger partial charge in [0.1, 0.15) is 5.82 Å². The average molecular weight is 406 g/mol. The molecule has 3 heterocycles. The number of hydrogen-bond donors (Lipinski definition) is 2. The molecule has 1 fully saturated rings. The summed E-state index contributed by atoms with van der Waals surface area (Å²) in [5.74, 6) is 1.89. The number of fused-ring (bicyclic) bond motifs is 1. The Bertz CT molecular complexity index is 942. The number of hydrogen-bond acceptors (Lipinski definition) is 4. The van der Waals surface area contributed by atoms with Crippen molar-refractivity contribution in [2.45, 2.75) is 38.3 Å². The van der Waals surface area contributed by atoms with Crippen LogP contribution in [0, 0.1) is 0 Å². The van der Waals surface area contributed by atoms with Crippen LogP contribution >= 0.6 is 0 Å². The van der Waals surface area contributed by atoms with Crippen molar-refractivity contribution in [1.29, 1.82) is 0 Å². The van der Waals surface area contributed by atoms with Crippen molar-refractivity contribution in [1.82, 2.24) is 30.1 Å². The highest BCUT2D eigenvalue weighted by molar-refractivity contribution is 5.79. The topological polar surface area (TPSA) is 69.8 Å². The highest BCUT2D eigenvalue weighted by Crippen LogP contribution is 2.13. The third-order valence-corrected chi connectivity index (χ3v) is 5.65. The first-order valence-corrected chi connectivity index (χ1v) is 10.8. The molecule has 0 aliphatic carbocycles. The van der Waals surface area contributed by atoms with Gasteiger partial charge >= 0.3 is 0 Å². The van der Waals surface area contributed by atoms with Crippen LogP contribution in [-0.2, 0) is 13.0 Å².